The number of rotatable bonds is 4. The van der Waals surface area contributed by atoms with Crippen LogP contribution in [-0.4, -0.2) is 22.8 Å². The molecule has 0 amide bonds. The number of hydrogen-bond donors (Lipinski definition) is 1. The van der Waals surface area contributed by atoms with E-state index in [1.54, 1.807) is 24.3 Å². The van der Waals surface area contributed by atoms with Gasteiger partial charge in [-0.2, -0.15) is 0 Å². The number of aromatic nitrogens is 1. The van der Waals surface area contributed by atoms with Crippen LogP contribution in [0.15, 0.2) is 48.5 Å². The number of methoxy groups -OCH3 is 1. The monoisotopic (exact) mass is 360 g/mol. The van der Waals surface area contributed by atoms with Crippen molar-refractivity contribution in [2.24, 2.45) is 0 Å². The van der Waals surface area contributed by atoms with Crippen LogP contribution >= 0.6 is 0 Å². The first-order valence-electron chi connectivity index (χ1n) is 8.50. The third-order valence-electron chi connectivity index (χ3n) is 4.73. The molecule has 0 spiro atoms. The lowest BCUT2D eigenvalue weighted by Gasteiger charge is -2.10. The molecule has 0 unspecified atom stereocenters. The van der Waals surface area contributed by atoms with Gasteiger partial charge >= 0.3 is 5.97 Å². The fraction of sp³-hybridized carbons (Fsp3) is 0.182. The van der Waals surface area contributed by atoms with E-state index in [4.69, 9.17) is 11.3 Å². The standard InChI is InChI=1S/C22H20N2O3/c1-14-20(17-7-9-18(23-3)10-8-17)21(22(26)27-4)15(2)24(14)13-16-5-11-19(25)12-6-16/h5-12,25H,13H2,1-2,4H3. The molecule has 0 fully saturated rings. The van der Waals surface area contributed by atoms with Gasteiger partial charge in [0.2, 0.25) is 0 Å². The second kappa shape index (κ2) is 7.38. The van der Waals surface area contributed by atoms with E-state index < -0.39 is 0 Å². The molecule has 0 radical (unpaired) electrons. The van der Waals surface area contributed by atoms with E-state index in [1.165, 1.54) is 7.11 Å². The van der Waals surface area contributed by atoms with Gasteiger partial charge in [0.25, 0.3) is 0 Å². The van der Waals surface area contributed by atoms with Crippen molar-refractivity contribution in [3.8, 4) is 16.9 Å². The lowest BCUT2D eigenvalue weighted by atomic mass is 10.0. The Morgan fingerprint density at radius 3 is 2.26 bits per heavy atom. The summed E-state index contributed by atoms with van der Waals surface area (Å²) in [5, 5.41) is 9.49. The van der Waals surface area contributed by atoms with E-state index in [0.717, 1.165) is 28.1 Å². The molecular formula is C22H20N2O3. The molecule has 1 aromatic heterocycles. The average Bonchev–Trinajstić information content (AvgIpc) is 2.93. The predicted molar refractivity (Wildman–Crippen MR) is 104 cm³/mol. The number of esters is 1. The zero-order chi connectivity index (χ0) is 19.6. The Morgan fingerprint density at radius 2 is 1.70 bits per heavy atom. The topological polar surface area (TPSA) is 55.8 Å². The highest BCUT2D eigenvalue weighted by Crippen LogP contribution is 2.34. The quantitative estimate of drug-likeness (QED) is 0.534. The van der Waals surface area contributed by atoms with Crippen LogP contribution in [0.25, 0.3) is 16.0 Å². The molecule has 0 aliphatic heterocycles. The van der Waals surface area contributed by atoms with Gasteiger partial charge in [-0.1, -0.05) is 36.4 Å². The molecule has 1 N–H and O–H groups in total. The van der Waals surface area contributed by atoms with E-state index in [2.05, 4.69) is 9.41 Å². The van der Waals surface area contributed by atoms with E-state index in [1.807, 2.05) is 38.1 Å². The van der Waals surface area contributed by atoms with Crippen LogP contribution in [0.2, 0.25) is 0 Å². The second-order valence-electron chi connectivity index (χ2n) is 6.32. The third-order valence-corrected chi connectivity index (χ3v) is 4.73. The minimum Gasteiger partial charge on any atom is -0.508 e. The number of ether oxygens (including phenoxy) is 1. The van der Waals surface area contributed by atoms with E-state index >= 15 is 0 Å². The molecule has 3 aromatic rings. The highest BCUT2D eigenvalue weighted by Gasteiger charge is 2.24. The van der Waals surface area contributed by atoms with Crippen molar-refractivity contribution < 1.29 is 14.6 Å². The minimum absolute atomic E-state index is 0.218. The van der Waals surface area contributed by atoms with Gasteiger partial charge in [-0.25, -0.2) is 9.64 Å². The first kappa shape index (κ1) is 18.3. The molecule has 1 heterocycles. The summed E-state index contributed by atoms with van der Waals surface area (Å²) in [4.78, 5) is 15.9. The molecule has 5 heteroatoms. The van der Waals surface area contributed by atoms with Crippen molar-refractivity contribution in [3.05, 3.63) is 82.5 Å². The van der Waals surface area contributed by atoms with Gasteiger partial charge in [-0.3, -0.25) is 0 Å². The third kappa shape index (κ3) is 3.42. The Bertz CT molecular complexity index is 1020. The van der Waals surface area contributed by atoms with Crippen LogP contribution < -0.4 is 0 Å². The normalized spacial score (nSPS) is 10.4. The fourth-order valence-corrected chi connectivity index (χ4v) is 3.31. The first-order chi connectivity index (χ1) is 13.0. The highest BCUT2D eigenvalue weighted by atomic mass is 16.5. The van der Waals surface area contributed by atoms with E-state index in [9.17, 15) is 9.90 Å². The van der Waals surface area contributed by atoms with Gasteiger partial charge in [0.05, 0.1) is 19.2 Å². The second-order valence-corrected chi connectivity index (χ2v) is 6.32. The Hall–Kier alpha value is -3.52. The van der Waals surface area contributed by atoms with Crippen molar-refractivity contribution in [1.82, 2.24) is 4.57 Å². The largest absolute Gasteiger partial charge is 0.508 e. The van der Waals surface area contributed by atoms with Crippen LogP contribution in [0.3, 0.4) is 0 Å². The molecule has 0 aliphatic carbocycles. The zero-order valence-electron chi connectivity index (χ0n) is 15.5. The molecule has 5 nitrogen and oxygen atoms in total. The summed E-state index contributed by atoms with van der Waals surface area (Å²) in [6, 6.07) is 14.2. The van der Waals surface area contributed by atoms with E-state index in [0.29, 0.717) is 17.8 Å². The molecule has 0 aliphatic rings. The molecule has 0 saturated heterocycles. The molecule has 3 rings (SSSR count). The first-order valence-corrected chi connectivity index (χ1v) is 8.50. The number of carbonyl (C=O) groups excluding carboxylic acids is 1. The molecule has 0 saturated carbocycles. The highest BCUT2D eigenvalue weighted by molar-refractivity contribution is 5.99. The fourth-order valence-electron chi connectivity index (χ4n) is 3.31. The van der Waals surface area contributed by atoms with Gasteiger partial charge in [0, 0.05) is 23.5 Å². The molecule has 136 valence electrons. The van der Waals surface area contributed by atoms with Crippen LogP contribution in [0.5, 0.6) is 5.75 Å². The summed E-state index contributed by atoms with van der Waals surface area (Å²) >= 11 is 0. The van der Waals surface area contributed by atoms with Crippen molar-refractivity contribution >= 4 is 11.7 Å². The molecule has 0 atom stereocenters. The van der Waals surface area contributed by atoms with Crippen LogP contribution in [0.1, 0.15) is 27.3 Å². The lowest BCUT2D eigenvalue weighted by Crippen LogP contribution is -2.07. The van der Waals surface area contributed by atoms with Crippen LogP contribution in [-0.2, 0) is 11.3 Å². The average molecular weight is 360 g/mol. The summed E-state index contributed by atoms with van der Waals surface area (Å²) in [6.45, 7) is 11.5. The number of hydrogen-bond acceptors (Lipinski definition) is 3. The summed E-state index contributed by atoms with van der Waals surface area (Å²) in [6.07, 6.45) is 0. The molecule has 2 aromatic carbocycles. The van der Waals surface area contributed by atoms with Gasteiger partial charge in [0.1, 0.15) is 5.75 Å². The number of benzene rings is 2. The number of nitrogens with zero attached hydrogens (tertiary/aromatic N) is 2. The number of carbonyl (C=O) groups is 1. The molecule has 0 bridgehead atoms. The van der Waals surface area contributed by atoms with Gasteiger partial charge < -0.3 is 14.4 Å². The predicted octanol–water partition coefficient (Wildman–Crippen LogP) is 4.86. The lowest BCUT2D eigenvalue weighted by molar-refractivity contribution is 0.0600. The molecular weight excluding hydrogens is 340 g/mol. The molecule has 27 heavy (non-hydrogen) atoms. The minimum atomic E-state index is -0.385. The smallest absolute Gasteiger partial charge is 0.340 e. The summed E-state index contributed by atoms with van der Waals surface area (Å²) < 4.78 is 7.09. The maximum absolute atomic E-state index is 12.5. The maximum atomic E-state index is 12.5. The van der Waals surface area contributed by atoms with Crippen LogP contribution in [0.4, 0.5) is 5.69 Å². The Labute approximate surface area is 158 Å². The Kier molecular flexibility index (Phi) is 5.00. The summed E-state index contributed by atoms with van der Waals surface area (Å²) in [5.74, 6) is -0.167. The van der Waals surface area contributed by atoms with Crippen molar-refractivity contribution in [3.63, 3.8) is 0 Å². The number of aromatic hydroxyl groups is 1. The van der Waals surface area contributed by atoms with Crippen LogP contribution in [0, 0.1) is 20.4 Å². The summed E-state index contributed by atoms with van der Waals surface area (Å²) in [7, 11) is 1.38. The van der Waals surface area contributed by atoms with Crippen molar-refractivity contribution in [2.75, 3.05) is 7.11 Å². The zero-order valence-corrected chi connectivity index (χ0v) is 15.5. The Morgan fingerprint density at radius 1 is 1.07 bits per heavy atom. The van der Waals surface area contributed by atoms with Gasteiger partial charge in [0.15, 0.2) is 5.69 Å². The Balaban J connectivity index is 2.15. The number of phenolic OH excluding ortho intramolecular Hbond substituents is 1. The van der Waals surface area contributed by atoms with E-state index in [-0.39, 0.29) is 11.7 Å². The van der Waals surface area contributed by atoms with Gasteiger partial charge in [-0.05, 0) is 37.1 Å². The van der Waals surface area contributed by atoms with Gasteiger partial charge in [-0.15, -0.1) is 0 Å². The van der Waals surface area contributed by atoms with Crippen molar-refractivity contribution in [1.29, 1.82) is 0 Å². The maximum Gasteiger partial charge on any atom is 0.340 e. The number of phenols is 1. The summed E-state index contributed by atoms with van der Waals surface area (Å²) in [5.41, 5.74) is 5.54. The van der Waals surface area contributed by atoms with Crippen molar-refractivity contribution in [2.45, 2.75) is 20.4 Å². The SMILES string of the molecule is [C-]#[N+]c1ccc(-c2c(C(=O)OC)c(C)n(Cc3ccc(O)cc3)c2C)cc1.